The van der Waals surface area contributed by atoms with Crippen LogP contribution in [-0.4, -0.2) is 61.7 Å². The predicted molar refractivity (Wildman–Crippen MR) is 118 cm³/mol. The van der Waals surface area contributed by atoms with Crippen molar-refractivity contribution in [1.82, 2.24) is 24.7 Å². The molecule has 0 spiro atoms. The molecule has 1 saturated carbocycles. The van der Waals surface area contributed by atoms with Gasteiger partial charge < -0.3 is 19.7 Å². The number of hydrogen-bond donors (Lipinski definition) is 1. The van der Waals surface area contributed by atoms with Crippen molar-refractivity contribution in [3.63, 3.8) is 0 Å². The lowest BCUT2D eigenvalue weighted by atomic mass is 9.93. The molecule has 3 aliphatic rings. The van der Waals surface area contributed by atoms with Gasteiger partial charge in [0.05, 0.1) is 12.9 Å². The van der Waals surface area contributed by atoms with Crippen molar-refractivity contribution in [1.29, 1.82) is 0 Å². The zero-order valence-corrected chi connectivity index (χ0v) is 18.6. The first-order valence-corrected chi connectivity index (χ1v) is 11.4. The van der Waals surface area contributed by atoms with E-state index in [9.17, 15) is 14.4 Å². The molecule has 5 rings (SSSR count). The molecule has 2 fully saturated rings. The first kappa shape index (κ1) is 20.7. The number of nitrogens with zero attached hydrogens (tertiary/aromatic N) is 4. The molecule has 2 aromatic rings. The van der Waals surface area contributed by atoms with Crippen molar-refractivity contribution in [2.75, 3.05) is 13.1 Å². The summed E-state index contributed by atoms with van der Waals surface area (Å²) in [6.45, 7) is 5.92. The number of amides is 3. The van der Waals surface area contributed by atoms with E-state index in [0.29, 0.717) is 25.3 Å². The summed E-state index contributed by atoms with van der Waals surface area (Å²) in [6, 6.07) is 8.02. The van der Waals surface area contributed by atoms with E-state index >= 15 is 0 Å². The number of aryl methyl sites for hydroxylation is 1. The molecule has 1 unspecified atom stereocenters. The van der Waals surface area contributed by atoms with Crippen molar-refractivity contribution in [2.45, 2.75) is 64.2 Å². The molecule has 1 aliphatic carbocycles. The van der Waals surface area contributed by atoms with Crippen molar-refractivity contribution >= 4 is 17.7 Å². The SMILES string of the molecule is Cc1cccc(CNC(=O)C2(C)Cn3cnc(C(=O)N4CCCC4)c3C(=O)N2C2CC2)c1. The fourth-order valence-electron chi connectivity index (χ4n) is 4.98. The minimum Gasteiger partial charge on any atom is -0.350 e. The summed E-state index contributed by atoms with van der Waals surface area (Å²) in [7, 11) is 0. The number of benzene rings is 1. The Kier molecular flexibility index (Phi) is 5.03. The van der Waals surface area contributed by atoms with Gasteiger partial charge >= 0.3 is 0 Å². The molecule has 2 aliphatic heterocycles. The molecular formula is C24H29N5O3. The lowest BCUT2D eigenvalue weighted by Gasteiger charge is -2.44. The van der Waals surface area contributed by atoms with Crippen molar-refractivity contribution in [3.05, 3.63) is 53.1 Å². The largest absolute Gasteiger partial charge is 0.350 e. The molecule has 1 N–H and O–H groups in total. The van der Waals surface area contributed by atoms with Gasteiger partial charge in [0.25, 0.3) is 11.8 Å². The lowest BCUT2D eigenvalue weighted by molar-refractivity contribution is -0.133. The van der Waals surface area contributed by atoms with Gasteiger partial charge in [-0.3, -0.25) is 14.4 Å². The number of fused-ring (bicyclic) bond motifs is 1. The lowest BCUT2D eigenvalue weighted by Crippen LogP contribution is -2.64. The number of nitrogens with one attached hydrogen (secondary N) is 1. The van der Waals surface area contributed by atoms with E-state index in [0.717, 1.165) is 36.8 Å². The van der Waals surface area contributed by atoms with Crippen molar-refractivity contribution in [3.8, 4) is 0 Å². The van der Waals surface area contributed by atoms with Crippen LogP contribution in [0.5, 0.6) is 0 Å². The Morgan fingerprint density at radius 1 is 1.22 bits per heavy atom. The topological polar surface area (TPSA) is 87.5 Å². The van der Waals surface area contributed by atoms with Crippen molar-refractivity contribution in [2.24, 2.45) is 0 Å². The molecule has 1 aromatic carbocycles. The smallest absolute Gasteiger partial charge is 0.274 e. The predicted octanol–water partition coefficient (Wildman–Crippen LogP) is 2.12. The maximum absolute atomic E-state index is 13.7. The number of imidazole rings is 1. The molecule has 168 valence electrons. The minimum absolute atomic E-state index is 0.0237. The van der Waals surface area contributed by atoms with E-state index in [1.165, 1.54) is 6.33 Å². The molecule has 1 atom stereocenters. The molecule has 0 bridgehead atoms. The van der Waals surface area contributed by atoms with Crippen LogP contribution in [0.4, 0.5) is 0 Å². The summed E-state index contributed by atoms with van der Waals surface area (Å²) >= 11 is 0. The number of rotatable bonds is 5. The molecule has 1 aromatic heterocycles. The van der Waals surface area contributed by atoms with E-state index in [1.54, 1.807) is 14.4 Å². The summed E-state index contributed by atoms with van der Waals surface area (Å²) < 4.78 is 1.69. The third kappa shape index (κ3) is 3.47. The zero-order chi connectivity index (χ0) is 22.5. The molecule has 3 amide bonds. The maximum atomic E-state index is 13.7. The van der Waals surface area contributed by atoms with Gasteiger partial charge in [0, 0.05) is 25.7 Å². The van der Waals surface area contributed by atoms with Crippen LogP contribution in [-0.2, 0) is 17.9 Å². The molecule has 0 radical (unpaired) electrons. The highest BCUT2D eigenvalue weighted by molar-refractivity contribution is 6.07. The van der Waals surface area contributed by atoms with Crippen LogP contribution in [0.1, 0.15) is 64.7 Å². The highest BCUT2D eigenvalue weighted by Gasteiger charge is 2.53. The Balaban J connectivity index is 1.42. The third-order valence-corrected chi connectivity index (χ3v) is 6.80. The van der Waals surface area contributed by atoms with Gasteiger partial charge in [-0.05, 0) is 45.1 Å². The van der Waals surface area contributed by atoms with Gasteiger partial charge in [-0.2, -0.15) is 0 Å². The Labute approximate surface area is 187 Å². The molecule has 8 nitrogen and oxygen atoms in total. The Morgan fingerprint density at radius 3 is 2.66 bits per heavy atom. The first-order valence-electron chi connectivity index (χ1n) is 11.4. The normalized spacial score (nSPS) is 22.8. The standard InChI is InChI=1S/C24H29N5O3/c1-16-6-5-7-17(12-16)13-25-23(32)24(2)14-28-15-26-19(21(30)27-10-3-4-11-27)20(28)22(31)29(24)18-8-9-18/h5-7,12,15,18H,3-4,8-11,13-14H2,1-2H3,(H,25,32). The van der Waals surface area contributed by atoms with Gasteiger partial charge in [0.2, 0.25) is 5.91 Å². The average molecular weight is 436 g/mol. The number of hydrogen-bond acceptors (Lipinski definition) is 4. The second kappa shape index (κ2) is 7.76. The van der Waals surface area contributed by atoms with Gasteiger partial charge in [0.15, 0.2) is 5.69 Å². The number of likely N-dealkylation sites (tertiary alicyclic amines) is 1. The zero-order valence-electron chi connectivity index (χ0n) is 18.6. The molecule has 1 saturated heterocycles. The monoisotopic (exact) mass is 435 g/mol. The summed E-state index contributed by atoms with van der Waals surface area (Å²) in [6.07, 6.45) is 5.23. The van der Waals surface area contributed by atoms with E-state index in [2.05, 4.69) is 10.3 Å². The van der Waals surface area contributed by atoms with Crippen LogP contribution in [0.15, 0.2) is 30.6 Å². The maximum Gasteiger partial charge on any atom is 0.274 e. The summed E-state index contributed by atoms with van der Waals surface area (Å²) in [5.74, 6) is -0.647. The van der Waals surface area contributed by atoms with Gasteiger partial charge in [-0.25, -0.2) is 4.98 Å². The average Bonchev–Trinajstić information content (AvgIpc) is 3.26. The molecule has 3 heterocycles. The van der Waals surface area contributed by atoms with Crippen molar-refractivity contribution < 1.29 is 14.4 Å². The summed E-state index contributed by atoms with van der Waals surface area (Å²) in [5.41, 5.74) is 1.64. The Morgan fingerprint density at radius 2 is 1.97 bits per heavy atom. The quantitative estimate of drug-likeness (QED) is 0.779. The fraction of sp³-hybridized carbons (Fsp3) is 0.500. The van der Waals surface area contributed by atoms with Crippen LogP contribution in [0.3, 0.4) is 0 Å². The summed E-state index contributed by atoms with van der Waals surface area (Å²) in [4.78, 5) is 47.9. The Bertz CT molecular complexity index is 1080. The third-order valence-electron chi connectivity index (χ3n) is 6.80. The van der Waals surface area contributed by atoms with Gasteiger partial charge in [0.1, 0.15) is 11.2 Å². The van der Waals surface area contributed by atoms with E-state index in [-0.39, 0.29) is 36.0 Å². The van der Waals surface area contributed by atoms with E-state index in [4.69, 9.17) is 0 Å². The molecule has 32 heavy (non-hydrogen) atoms. The van der Waals surface area contributed by atoms with E-state index in [1.807, 2.05) is 38.1 Å². The van der Waals surface area contributed by atoms with Crippen LogP contribution >= 0.6 is 0 Å². The second-order valence-corrected chi connectivity index (χ2v) is 9.42. The number of carbonyl (C=O) groups excluding carboxylic acids is 3. The van der Waals surface area contributed by atoms with Crippen LogP contribution in [0.25, 0.3) is 0 Å². The summed E-state index contributed by atoms with van der Waals surface area (Å²) in [5, 5.41) is 3.03. The first-order chi connectivity index (χ1) is 15.4. The molecular weight excluding hydrogens is 406 g/mol. The van der Waals surface area contributed by atoms with Crippen LogP contribution < -0.4 is 5.32 Å². The fourth-order valence-corrected chi connectivity index (χ4v) is 4.98. The number of carbonyl (C=O) groups is 3. The van der Waals surface area contributed by atoms with Gasteiger partial charge in [-0.15, -0.1) is 0 Å². The van der Waals surface area contributed by atoms with E-state index < -0.39 is 5.54 Å². The van der Waals surface area contributed by atoms with Gasteiger partial charge in [-0.1, -0.05) is 29.8 Å². The highest BCUT2D eigenvalue weighted by Crippen LogP contribution is 2.39. The second-order valence-electron chi connectivity index (χ2n) is 9.42. The minimum atomic E-state index is -1.04. The Hall–Kier alpha value is -3.16. The number of aromatic nitrogens is 2. The highest BCUT2D eigenvalue weighted by atomic mass is 16.2. The van der Waals surface area contributed by atoms with Crippen LogP contribution in [0, 0.1) is 6.92 Å². The van der Waals surface area contributed by atoms with Crippen LogP contribution in [0.2, 0.25) is 0 Å². The molecule has 8 heteroatoms.